The third-order valence-electron chi connectivity index (χ3n) is 6.18. The minimum atomic E-state index is -0.649. The van der Waals surface area contributed by atoms with Gasteiger partial charge in [0.2, 0.25) is 5.11 Å². The molecule has 0 radical (unpaired) electrons. The maximum absolute atomic E-state index is 12.3. The summed E-state index contributed by atoms with van der Waals surface area (Å²) in [5.41, 5.74) is 0.339. The Morgan fingerprint density at radius 3 is 1.91 bits per heavy atom. The van der Waals surface area contributed by atoms with E-state index in [9.17, 15) is 4.79 Å². The SMILES string of the molecule is CCCCCCCCCCCCCCCC(=O)ON1C(=S)N[C@@](C)(c2ccccc2)C1=S. The predicted molar refractivity (Wildman–Crippen MR) is 140 cm³/mol. The third kappa shape index (κ3) is 8.43. The molecule has 1 saturated heterocycles. The van der Waals surface area contributed by atoms with Gasteiger partial charge < -0.3 is 10.2 Å². The van der Waals surface area contributed by atoms with E-state index >= 15 is 0 Å². The van der Waals surface area contributed by atoms with E-state index in [1.54, 1.807) is 0 Å². The van der Waals surface area contributed by atoms with Crippen LogP contribution in [-0.4, -0.2) is 21.1 Å². The normalized spacial score (nSPS) is 18.1. The number of carbonyl (C=O) groups is 1. The highest BCUT2D eigenvalue weighted by atomic mass is 32.1. The monoisotopic (exact) mass is 476 g/mol. The van der Waals surface area contributed by atoms with E-state index < -0.39 is 5.54 Å². The topological polar surface area (TPSA) is 41.6 Å². The summed E-state index contributed by atoms with van der Waals surface area (Å²) >= 11 is 11.0. The molecule has 1 heterocycles. The van der Waals surface area contributed by atoms with Gasteiger partial charge in [-0.2, -0.15) is 0 Å². The zero-order valence-electron chi connectivity index (χ0n) is 19.9. The Kier molecular flexibility index (Phi) is 12.2. The number of hydroxylamine groups is 2. The zero-order valence-corrected chi connectivity index (χ0v) is 21.5. The van der Waals surface area contributed by atoms with Gasteiger partial charge in [-0.25, -0.2) is 4.79 Å². The van der Waals surface area contributed by atoms with Gasteiger partial charge in [-0.05, 0) is 31.1 Å². The summed E-state index contributed by atoms with van der Waals surface area (Å²) in [4.78, 5) is 18.3. The Morgan fingerprint density at radius 2 is 1.38 bits per heavy atom. The Balaban J connectivity index is 1.55. The summed E-state index contributed by atoms with van der Waals surface area (Å²) < 4.78 is 0. The Bertz CT molecular complexity index is 726. The lowest BCUT2D eigenvalue weighted by atomic mass is 9.93. The number of nitrogens with zero attached hydrogens (tertiary/aromatic N) is 1. The molecule has 32 heavy (non-hydrogen) atoms. The first-order chi connectivity index (χ1) is 15.5. The largest absolute Gasteiger partial charge is 0.344 e. The molecule has 0 spiro atoms. The first kappa shape index (κ1) is 26.7. The second-order valence-electron chi connectivity index (χ2n) is 8.98. The molecule has 1 aliphatic rings. The van der Waals surface area contributed by atoms with Crippen LogP contribution < -0.4 is 5.32 Å². The van der Waals surface area contributed by atoms with Crippen LogP contribution in [-0.2, 0) is 15.2 Å². The van der Waals surface area contributed by atoms with Crippen molar-refractivity contribution in [3.63, 3.8) is 0 Å². The van der Waals surface area contributed by atoms with Crippen molar-refractivity contribution in [3.05, 3.63) is 35.9 Å². The second kappa shape index (κ2) is 14.6. The Hall–Kier alpha value is -1.53. The molecule has 1 atom stereocenters. The summed E-state index contributed by atoms with van der Waals surface area (Å²) in [7, 11) is 0. The molecule has 2 rings (SSSR count). The molecular weight excluding hydrogens is 436 g/mol. The van der Waals surface area contributed by atoms with Crippen LogP contribution in [0.5, 0.6) is 0 Å². The first-order valence-corrected chi connectivity index (χ1v) is 13.2. The standard InChI is InChI=1S/C26H40N2O2S2/c1-3-4-5-6-7-8-9-10-11-12-13-14-18-21-23(29)30-28-24(31)26(2,27-25(28)32)22-19-16-15-17-20-22/h15-17,19-20H,3-14,18,21H2,1-2H3,(H,27,32)/t26-/m0/s1. The van der Waals surface area contributed by atoms with Crippen LogP contribution in [0.4, 0.5) is 0 Å². The number of hydrogen-bond acceptors (Lipinski definition) is 4. The average Bonchev–Trinajstić information content (AvgIpc) is 3.01. The van der Waals surface area contributed by atoms with E-state index in [4.69, 9.17) is 29.3 Å². The Morgan fingerprint density at radius 1 is 0.875 bits per heavy atom. The van der Waals surface area contributed by atoms with E-state index in [1.165, 1.54) is 75.7 Å². The number of nitrogens with one attached hydrogen (secondary N) is 1. The summed E-state index contributed by atoms with van der Waals surface area (Å²) in [6.45, 7) is 4.22. The van der Waals surface area contributed by atoms with Gasteiger partial charge in [0.1, 0.15) is 5.54 Å². The summed E-state index contributed by atoms with van der Waals surface area (Å²) in [5.74, 6) is -0.281. The van der Waals surface area contributed by atoms with Gasteiger partial charge in [-0.15, -0.1) is 5.06 Å². The van der Waals surface area contributed by atoms with Crippen LogP contribution in [0.3, 0.4) is 0 Å². The van der Waals surface area contributed by atoms with E-state index in [0.29, 0.717) is 16.5 Å². The van der Waals surface area contributed by atoms with Crippen molar-refractivity contribution in [1.82, 2.24) is 10.4 Å². The third-order valence-corrected chi connectivity index (χ3v) is 7.02. The zero-order chi connectivity index (χ0) is 23.2. The fraction of sp³-hybridized carbons (Fsp3) is 0.654. The molecule has 1 fully saturated rings. The van der Waals surface area contributed by atoms with E-state index in [2.05, 4.69) is 12.2 Å². The predicted octanol–water partition coefficient (Wildman–Crippen LogP) is 7.36. The van der Waals surface area contributed by atoms with Gasteiger partial charge in [0.15, 0.2) is 4.99 Å². The smallest absolute Gasteiger partial charge is 0.333 e. The lowest BCUT2D eigenvalue weighted by molar-refractivity contribution is -0.161. The summed E-state index contributed by atoms with van der Waals surface area (Å²) in [5, 5.41) is 4.85. The molecule has 0 aromatic heterocycles. The van der Waals surface area contributed by atoms with Crippen LogP contribution in [0, 0.1) is 0 Å². The minimum absolute atomic E-state index is 0.281. The molecule has 4 nitrogen and oxygen atoms in total. The Labute approximate surface area is 205 Å². The highest BCUT2D eigenvalue weighted by Gasteiger charge is 2.45. The molecule has 1 aliphatic heterocycles. The van der Waals surface area contributed by atoms with Crippen molar-refractivity contribution in [2.24, 2.45) is 0 Å². The fourth-order valence-corrected chi connectivity index (χ4v) is 4.79. The van der Waals surface area contributed by atoms with Gasteiger partial charge in [-0.1, -0.05) is 127 Å². The first-order valence-electron chi connectivity index (χ1n) is 12.4. The van der Waals surface area contributed by atoms with Gasteiger partial charge in [0.25, 0.3) is 0 Å². The molecule has 1 aromatic carbocycles. The maximum Gasteiger partial charge on any atom is 0.333 e. The van der Waals surface area contributed by atoms with Crippen molar-refractivity contribution in [1.29, 1.82) is 0 Å². The summed E-state index contributed by atoms with van der Waals surface area (Å²) in [6.07, 6.45) is 17.0. The van der Waals surface area contributed by atoms with Gasteiger partial charge >= 0.3 is 5.97 Å². The van der Waals surface area contributed by atoms with Crippen molar-refractivity contribution in [3.8, 4) is 0 Å². The van der Waals surface area contributed by atoms with Crippen molar-refractivity contribution in [2.45, 2.75) is 109 Å². The quantitative estimate of drug-likeness (QED) is 0.199. The molecular formula is C26H40N2O2S2. The van der Waals surface area contributed by atoms with Crippen LogP contribution >= 0.6 is 24.4 Å². The van der Waals surface area contributed by atoms with Crippen LogP contribution in [0.25, 0.3) is 0 Å². The van der Waals surface area contributed by atoms with E-state index in [0.717, 1.165) is 18.4 Å². The van der Waals surface area contributed by atoms with Gasteiger partial charge in [-0.3, -0.25) is 0 Å². The van der Waals surface area contributed by atoms with Gasteiger partial charge in [0, 0.05) is 6.42 Å². The molecule has 1 aromatic rings. The molecule has 0 saturated carbocycles. The highest BCUT2D eigenvalue weighted by molar-refractivity contribution is 7.82. The van der Waals surface area contributed by atoms with Crippen molar-refractivity contribution >= 4 is 40.5 Å². The van der Waals surface area contributed by atoms with Gasteiger partial charge in [0.05, 0.1) is 0 Å². The number of thiocarbonyl (C=S) groups is 2. The lowest BCUT2D eigenvalue weighted by Crippen LogP contribution is -2.40. The van der Waals surface area contributed by atoms with E-state index in [1.807, 2.05) is 37.3 Å². The molecule has 0 bridgehead atoms. The highest BCUT2D eigenvalue weighted by Crippen LogP contribution is 2.30. The van der Waals surface area contributed by atoms with E-state index in [-0.39, 0.29) is 5.97 Å². The van der Waals surface area contributed by atoms with Crippen molar-refractivity contribution in [2.75, 3.05) is 0 Å². The second-order valence-corrected chi connectivity index (χ2v) is 9.75. The molecule has 0 aliphatic carbocycles. The number of benzene rings is 1. The molecule has 178 valence electrons. The number of unbranched alkanes of at least 4 members (excludes halogenated alkanes) is 12. The van der Waals surface area contributed by atoms with Crippen LogP contribution in [0.15, 0.2) is 30.3 Å². The number of rotatable bonds is 16. The molecule has 0 amide bonds. The average molecular weight is 477 g/mol. The number of hydrogen-bond donors (Lipinski definition) is 1. The minimum Gasteiger partial charge on any atom is -0.344 e. The number of carbonyl (C=O) groups excluding carboxylic acids is 1. The molecule has 6 heteroatoms. The lowest BCUT2D eigenvalue weighted by Gasteiger charge is -2.24. The van der Waals surface area contributed by atoms with Crippen LogP contribution in [0.2, 0.25) is 0 Å². The maximum atomic E-state index is 12.3. The van der Waals surface area contributed by atoms with Crippen LogP contribution in [0.1, 0.15) is 109 Å². The summed E-state index contributed by atoms with van der Waals surface area (Å²) in [6, 6.07) is 9.84. The molecule has 0 unspecified atom stereocenters. The fourth-order valence-electron chi connectivity index (χ4n) is 4.10. The van der Waals surface area contributed by atoms with Crippen molar-refractivity contribution < 1.29 is 9.63 Å². The molecule has 1 N–H and O–H groups in total.